The van der Waals surface area contributed by atoms with Crippen LogP contribution < -0.4 is 0 Å². The van der Waals surface area contributed by atoms with Crippen molar-refractivity contribution in [1.29, 1.82) is 0 Å². The first-order valence-corrected chi connectivity index (χ1v) is 9.12. The highest BCUT2D eigenvalue weighted by Crippen LogP contribution is 2.62. The fourth-order valence-electron chi connectivity index (χ4n) is 0.291. The van der Waals surface area contributed by atoms with Crippen LogP contribution in [0, 0.1) is 0 Å². The Morgan fingerprint density at radius 3 is 1.17 bits per heavy atom. The molecule has 0 spiro atoms. The normalized spacial score (nSPS) is 15.0. The Morgan fingerprint density at radius 1 is 0.750 bits per heavy atom. The third kappa shape index (κ3) is 3.70. The van der Waals surface area contributed by atoms with Crippen molar-refractivity contribution < 1.29 is 0 Å². The van der Waals surface area contributed by atoms with Crippen molar-refractivity contribution in [2.24, 2.45) is 0 Å². The van der Waals surface area contributed by atoms with Crippen molar-refractivity contribution in [1.82, 2.24) is 0 Å². The highest BCUT2D eigenvalue weighted by molar-refractivity contribution is 9.42. The van der Waals surface area contributed by atoms with Crippen molar-refractivity contribution in [2.45, 2.75) is 8.61 Å². The van der Waals surface area contributed by atoms with Crippen molar-refractivity contribution in [3.8, 4) is 0 Å². The zero-order valence-electron chi connectivity index (χ0n) is 5.23. The number of hydrogen-bond donors (Lipinski definition) is 0. The molecule has 0 aromatic heterocycles. The van der Waals surface area contributed by atoms with Crippen LogP contribution in [0.15, 0.2) is 0 Å². The van der Waals surface area contributed by atoms with Gasteiger partial charge in [-0.05, 0) is 0 Å². The second kappa shape index (κ2) is 5.45. The summed E-state index contributed by atoms with van der Waals surface area (Å²) in [5, 5.41) is 0.709. The van der Waals surface area contributed by atoms with Crippen LogP contribution in [0.25, 0.3) is 0 Å². The lowest BCUT2D eigenvalue weighted by Crippen LogP contribution is -2.45. The van der Waals surface area contributed by atoms with E-state index in [0.29, 0.717) is 5.33 Å². The van der Waals surface area contributed by atoms with Gasteiger partial charge in [-0.3, -0.25) is 0 Å². The second-order valence-electron chi connectivity index (χ2n) is 1.91. The summed E-state index contributed by atoms with van der Waals surface area (Å²) in [6.07, 6.45) is 0. The molecule has 0 atom stereocenters. The highest BCUT2D eigenvalue weighted by Gasteiger charge is 2.55. The first-order chi connectivity index (χ1) is 5.06. The third-order valence-corrected chi connectivity index (χ3v) is 14.7. The fraction of sp³-hybridized carbons (Fsp3) is 1.00. The molecule has 0 amide bonds. The van der Waals surface area contributed by atoms with Crippen LogP contribution in [0.4, 0.5) is 0 Å². The molecule has 0 aliphatic rings. The molecule has 0 radical (unpaired) electrons. The van der Waals surface area contributed by atoms with Gasteiger partial charge in [-0.1, -0.05) is 127 Å². The van der Waals surface area contributed by atoms with E-state index >= 15 is 0 Å². The van der Waals surface area contributed by atoms with Gasteiger partial charge in [0, 0.05) is 5.33 Å². The maximum atomic E-state index is 3.54. The molecule has 0 rings (SSSR count). The molecule has 0 heterocycles. The van der Waals surface area contributed by atoms with E-state index in [1.165, 1.54) is 0 Å². The first-order valence-electron chi connectivity index (χ1n) is 2.44. The van der Waals surface area contributed by atoms with Gasteiger partial charge in [-0.2, -0.15) is 0 Å². The summed E-state index contributed by atoms with van der Waals surface area (Å²) >= 11 is 27.8. The van der Waals surface area contributed by atoms with Crippen molar-refractivity contribution in [3.63, 3.8) is 0 Å². The van der Waals surface area contributed by atoms with Gasteiger partial charge in [0.15, 0.2) is 2.14 Å². The Labute approximate surface area is 139 Å². The Morgan fingerprint density at radius 2 is 1.08 bits per heavy atom. The summed E-state index contributed by atoms with van der Waals surface area (Å²) in [6.45, 7) is 0. The maximum Gasteiger partial charge on any atom is 0.162 e. The summed E-state index contributed by atoms with van der Waals surface area (Å²) in [4.78, 5) is 0. The minimum absolute atomic E-state index is 0.344. The lowest BCUT2D eigenvalue weighted by Gasteiger charge is -2.39. The predicted octanol–water partition coefficient (Wildman–Crippen LogP) is 6.19. The molecule has 74 valence electrons. The van der Waals surface area contributed by atoms with Gasteiger partial charge in [0.2, 0.25) is 0 Å². The van der Waals surface area contributed by atoms with Gasteiger partial charge in [0.05, 0.1) is 0 Å². The van der Waals surface area contributed by atoms with Crippen LogP contribution in [0.5, 0.6) is 0 Å². The standard InChI is InChI=1S/C4H2Br8/c5-1-2(6,7)3(8,9)4(10,11)12/h1H2. The van der Waals surface area contributed by atoms with E-state index in [9.17, 15) is 0 Å². The molecule has 0 nitrogen and oxygen atoms in total. The molecule has 0 aliphatic carbocycles. The summed E-state index contributed by atoms with van der Waals surface area (Å²) in [6, 6.07) is 0. The van der Waals surface area contributed by atoms with Gasteiger partial charge >= 0.3 is 0 Å². The molecule has 0 bridgehead atoms. The fourth-order valence-corrected chi connectivity index (χ4v) is 4.95. The van der Waals surface area contributed by atoms with E-state index in [1.54, 1.807) is 0 Å². The minimum Gasteiger partial charge on any atom is -0.0903 e. The molecule has 0 aromatic rings. The lowest BCUT2D eigenvalue weighted by molar-refractivity contribution is 0.865. The molecule has 0 N–H and O–H groups in total. The third-order valence-electron chi connectivity index (χ3n) is 0.983. The molecule has 12 heavy (non-hydrogen) atoms. The average molecular weight is 689 g/mol. The topological polar surface area (TPSA) is 0 Å². The molecule has 0 unspecified atom stereocenters. The maximum absolute atomic E-state index is 3.54. The van der Waals surface area contributed by atoms with Crippen LogP contribution in [-0.2, 0) is 0 Å². The van der Waals surface area contributed by atoms with Crippen LogP contribution in [0.1, 0.15) is 0 Å². The number of hydrogen-bond acceptors (Lipinski definition) is 0. The van der Waals surface area contributed by atoms with E-state index in [0.717, 1.165) is 0 Å². The van der Waals surface area contributed by atoms with E-state index in [-0.39, 0.29) is 3.23 Å². The molecular formula is C4H2Br8. The van der Waals surface area contributed by atoms with Crippen LogP contribution >= 0.6 is 127 Å². The molecule has 0 saturated carbocycles. The molecule has 0 aromatic carbocycles. The predicted molar refractivity (Wildman–Crippen MR) is 84.5 cm³/mol. The smallest absolute Gasteiger partial charge is 0.0903 e. The van der Waals surface area contributed by atoms with E-state index in [2.05, 4.69) is 127 Å². The largest absolute Gasteiger partial charge is 0.162 e. The van der Waals surface area contributed by atoms with Crippen LogP contribution in [0.3, 0.4) is 0 Å². The van der Waals surface area contributed by atoms with E-state index in [1.807, 2.05) is 0 Å². The summed E-state index contributed by atoms with van der Waals surface area (Å²) in [7, 11) is 0. The second-order valence-corrected chi connectivity index (χ2v) is 16.4. The van der Waals surface area contributed by atoms with Gasteiger partial charge in [-0.15, -0.1) is 0 Å². The van der Waals surface area contributed by atoms with Gasteiger partial charge < -0.3 is 0 Å². The van der Waals surface area contributed by atoms with Gasteiger partial charge in [0.25, 0.3) is 0 Å². The quantitative estimate of drug-likeness (QED) is 0.304. The summed E-state index contributed by atoms with van der Waals surface area (Å²) in [5.41, 5.74) is 0. The molecule has 0 fully saturated rings. The summed E-state index contributed by atoms with van der Waals surface area (Å²) < 4.78 is -1.27. The Bertz CT molecular complexity index is 155. The molecule has 0 saturated heterocycles. The van der Waals surface area contributed by atoms with E-state index in [4.69, 9.17) is 0 Å². The summed E-state index contributed by atoms with van der Waals surface area (Å²) in [5.74, 6) is 0. The van der Waals surface area contributed by atoms with E-state index < -0.39 is 5.38 Å². The zero-order chi connectivity index (χ0) is 10.2. The number of alkyl halides is 8. The molecule has 8 heteroatoms. The number of rotatable bonds is 2. The SMILES string of the molecule is BrCC(Br)(Br)C(Br)(Br)C(Br)(Br)Br. The Balaban J connectivity index is 4.85. The minimum atomic E-state index is -0.471. The number of halogens is 8. The molecular weight excluding hydrogens is 687 g/mol. The average Bonchev–Trinajstić information content (AvgIpc) is 1.85. The first kappa shape index (κ1) is 15.8. The van der Waals surface area contributed by atoms with Gasteiger partial charge in [-0.25, -0.2) is 0 Å². The van der Waals surface area contributed by atoms with Crippen LogP contribution in [0.2, 0.25) is 0 Å². The zero-order valence-corrected chi connectivity index (χ0v) is 17.9. The monoisotopic (exact) mass is 681 g/mol. The van der Waals surface area contributed by atoms with Crippen molar-refractivity contribution in [2.75, 3.05) is 5.33 Å². The Hall–Kier alpha value is 3.84. The van der Waals surface area contributed by atoms with Gasteiger partial charge in [0.1, 0.15) is 6.47 Å². The lowest BCUT2D eigenvalue weighted by atomic mass is 10.4. The Kier molecular flexibility index (Phi) is 7.19. The van der Waals surface area contributed by atoms with Crippen molar-refractivity contribution >= 4 is 127 Å². The molecule has 0 aliphatic heterocycles. The van der Waals surface area contributed by atoms with Crippen molar-refractivity contribution in [3.05, 3.63) is 0 Å². The highest BCUT2D eigenvalue weighted by atomic mass is 80.0. The van der Waals surface area contributed by atoms with Crippen LogP contribution in [-0.4, -0.2) is 13.9 Å².